The first-order valence-electron chi connectivity index (χ1n) is 9.62. The second-order valence-electron chi connectivity index (χ2n) is 7.44. The molecule has 2 aliphatic heterocycles. The van der Waals surface area contributed by atoms with Gasteiger partial charge in [0.15, 0.2) is 0 Å². The molecule has 0 spiro atoms. The lowest BCUT2D eigenvalue weighted by Crippen LogP contribution is -2.45. The van der Waals surface area contributed by atoms with Crippen molar-refractivity contribution in [3.8, 4) is 0 Å². The van der Waals surface area contributed by atoms with Crippen molar-refractivity contribution >= 4 is 5.82 Å². The fraction of sp³-hybridized carbons (Fsp3) is 0.550. The van der Waals surface area contributed by atoms with Crippen LogP contribution < -0.4 is 4.90 Å². The Morgan fingerprint density at radius 3 is 2.69 bits per heavy atom. The molecule has 26 heavy (non-hydrogen) atoms. The molecule has 0 amide bonds. The third kappa shape index (κ3) is 3.86. The minimum atomic E-state index is 0.401. The Kier molecular flexibility index (Phi) is 5.13. The molecule has 2 fully saturated rings. The number of anilines is 1. The maximum Gasteiger partial charge on any atom is 0.132 e. The molecule has 0 radical (unpaired) electrons. The Morgan fingerprint density at radius 1 is 1.08 bits per heavy atom. The summed E-state index contributed by atoms with van der Waals surface area (Å²) < 4.78 is 0. The molecule has 4 rings (SSSR count). The van der Waals surface area contributed by atoms with E-state index in [4.69, 9.17) is 9.97 Å². The first kappa shape index (κ1) is 17.4. The van der Waals surface area contributed by atoms with Crippen LogP contribution in [0.15, 0.2) is 30.5 Å². The topological polar surface area (TPSA) is 48.4 Å². The summed E-state index contributed by atoms with van der Waals surface area (Å²) in [5, 5.41) is 0. The first-order valence-corrected chi connectivity index (χ1v) is 9.62. The average Bonchev–Trinajstić information content (AvgIpc) is 3.10. The molecule has 4 heterocycles. The van der Waals surface area contributed by atoms with Gasteiger partial charge in [-0.15, -0.1) is 0 Å². The zero-order valence-corrected chi connectivity index (χ0v) is 15.8. The van der Waals surface area contributed by atoms with Gasteiger partial charge in [0.05, 0.1) is 17.4 Å². The Hall–Kier alpha value is -2.05. The van der Waals surface area contributed by atoms with Crippen molar-refractivity contribution in [1.29, 1.82) is 0 Å². The minimum Gasteiger partial charge on any atom is -0.354 e. The SMILES string of the molecule is Cc1nc(CN2CCCC2c2ccccn2)cc(N2CCN(C)CC2)n1. The molecule has 138 valence electrons. The highest BCUT2D eigenvalue weighted by Gasteiger charge is 2.27. The van der Waals surface area contributed by atoms with E-state index in [1.54, 1.807) is 0 Å². The minimum absolute atomic E-state index is 0.401. The van der Waals surface area contributed by atoms with Crippen LogP contribution in [0.3, 0.4) is 0 Å². The maximum absolute atomic E-state index is 4.72. The van der Waals surface area contributed by atoms with Crippen molar-refractivity contribution in [2.45, 2.75) is 32.4 Å². The van der Waals surface area contributed by atoms with Gasteiger partial charge in [0, 0.05) is 45.0 Å². The van der Waals surface area contributed by atoms with E-state index in [-0.39, 0.29) is 0 Å². The Bertz CT molecular complexity index is 726. The van der Waals surface area contributed by atoms with Gasteiger partial charge in [-0.2, -0.15) is 0 Å². The van der Waals surface area contributed by atoms with E-state index in [1.165, 1.54) is 18.5 Å². The van der Waals surface area contributed by atoms with Gasteiger partial charge in [-0.05, 0) is 45.5 Å². The fourth-order valence-electron chi connectivity index (χ4n) is 4.02. The molecule has 0 aliphatic carbocycles. The van der Waals surface area contributed by atoms with Crippen LogP contribution >= 0.6 is 0 Å². The summed E-state index contributed by atoms with van der Waals surface area (Å²) in [6, 6.07) is 8.80. The van der Waals surface area contributed by atoms with Crippen LogP contribution in [-0.2, 0) is 6.54 Å². The number of hydrogen-bond acceptors (Lipinski definition) is 6. The average molecular weight is 352 g/mol. The molecule has 0 bridgehead atoms. The summed E-state index contributed by atoms with van der Waals surface area (Å²) in [5.41, 5.74) is 2.30. The second-order valence-corrected chi connectivity index (χ2v) is 7.44. The van der Waals surface area contributed by atoms with E-state index in [0.717, 1.165) is 56.6 Å². The van der Waals surface area contributed by atoms with Crippen molar-refractivity contribution in [1.82, 2.24) is 24.8 Å². The lowest BCUT2D eigenvalue weighted by molar-refractivity contribution is 0.241. The van der Waals surface area contributed by atoms with E-state index in [9.17, 15) is 0 Å². The van der Waals surface area contributed by atoms with Crippen molar-refractivity contribution in [3.63, 3.8) is 0 Å². The van der Waals surface area contributed by atoms with Crippen molar-refractivity contribution in [2.75, 3.05) is 44.7 Å². The smallest absolute Gasteiger partial charge is 0.132 e. The largest absolute Gasteiger partial charge is 0.354 e. The zero-order chi connectivity index (χ0) is 17.9. The lowest BCUT2D eigenvalue weighted by Gasteiger charge is -2.33. The van der Waals surface area contributed by atoms with Gasteiger partial charge in [0.2, 0.25) is 0 Å². The predicted molar refractivity (Wildman–Crippen MR) is 103 cm³/mol. The van der Waals surface area contributed by atoms with Gasteiger partial charge in [0.25, 0.3) is 0 Å². The molecular weight excluding hydrogens is 324 g/mol. The van der Waals surface area contributed by atoms with E-state index in [1.807, 2.05) is 19.2 Å². The normalized spacial score (nSPS) is 22.1. The first-order chi connectivity index (χ1) is 12.7. The Labute approximate surface area is 155 Å². The summed E-state index contributed by atoms with van der Waals surface area (Å²) in [6.07, 6.45) is 4.29. The summed E-state index contributed by atoms with van der Waals surface area (Å²) in [6.45, 7) is 8.22. The molecule has 1 atom stereocenters. The van der Waals surface area contributed by atoms with Crippen LogP contribution in [0.2, 0.25) is 0 Å². The monoisotopic (exact) mass is 352 g/mol. The number of aromatic nitrogens is 3. The van der Waals surface area contributed by atoms with Crippen LogP contribution in [0.25, 0.3) is 0 Å². The van der Waals surface area contributed by atoms with Gasteiger partial charge in [-0.3, -0.25) is 9.88 Å². The number of likely N-dealkylation sites (N-methyl/N-ethyl adjacent to an activating group) is 1. The molecule has 1 unspecified atom stereocenters. The number of piperazine rings is 1. The molecule has 2 aromatic heterocycles. The van der Waals surface area contributed by atoms with Crippen molar-refractivity contribution in [2.24, 2.45) is 0 Å². The second kappa shape index (κ2) is 7.68. The molecule has 6 heteroatoms. The summed E-state index contributed by atoms with van der Waals surface area (Å²) >= 11 is 0. The van der Waals surface area contributed by atoms with E-state index < -0.39 is 0 Å². The molecule has 6 nitrogen and oxygen atoms in total. The predicted octanol–water partition coefficient (Wildman–Crippen LogP) is 2.27. The van der Waals surface area contributed by atoms with E-state index in [0.29, 0.717) is 6.04 Å². The maximum atomic E-state index is 4.72. The standard InChI is InChI=1S/C20H28N6/c1-16-22-17(14-20(23-16)25-12-10-24(2)11-13-25)15-26-9-5-7-19(26)18-6-3-4-8-21-18/h3-4,6,8,14,19H,5,7,9-13,15H2,1-2H3. The number of nitrogens with zero attached hydrogens (tertiary/aromatic N) is 6. The third-order valence-corrected chi connectivity index (χ3v) is 5.46. The zero-order valence-electron chi connectivity index (χ0n) is 15.8. The summed E-state index contributed by atoms with van der Waals surface area (Å²) in [5.74, 6) is 1.94. The third-order valence-electron chi connectivity index (χ3n) is 5.46. The van der Waals surface area contributed by atoms with Crippen molar-refractivity contribution < 1.29 is 0 Å². The molecule has 2 aromatic rings. The quantitative estimate of drug-likeness (QED) is 0.841. The fourth-order valence-corrected chi connectivity index (χ4v) is 4.02. The van der Waals surface area contributed by atoms with Crippen LogP contribution in [-0.4, -0.2) is 64.5 Å². The Morgan fingerprint density at radius 2 is 1.92 bits per heavy atom. The lowest BCUT2D eigenvalue weighted by atomic mass is 10.1. The summed E-state index contributed by atoms with van der Waals surface area (Å²) in [7, 11) is 2.18. The number of likely N-dealkylation sites (tertiary alicyclic amines) is 1. The van der Waals surface area contributed by atoms with Crippen LogP contribution in [0.4, 0.5) is 5.82 Å². The van der Waals surface area contributed by atoms with Crippen LogP contribution in [0.1, 0.15) is 36.1 Å². The van der Waals surface area contributed by atoms with Gasteiger partial charge >= 0.3 is 0 Å². The number of rotatable bonds is 4. The molecular formula is C20H28N6. The molecule has 0 N–H and O–H groups in total. The van der Waals surface area contributed by atoms with Gasteiger partial charge in [-0.1, -0.05) is 6.07 Å². The van der Waals surface area contributed by atoms with Crippen molar-refractivity contribution in [3.05, 3.63) is 47.7 Å². The summed E-state index contributed by atoms with van der Waals surface area (Å²) in [4.78, 5) is 21.3. The number of pyridine rings is 1. The highest BCUT2D eigenvalue weighted by Crippen LogP contribution is 2.32. The number of hydrogen-bond donors (Lipinski definition) is 0. The highest BCUT2D eigenvalue weighted by molar-refractivity contribution is 5.40. The highest BCUT2D eigenvalue weighted by atomic mass is 15.3. The van der Waals surface area contributed by atoms with Gasteiger partial charge in [0.1, 0.15) is 11.6 Å². The van der Waals surface area contributed by atoms with E-state index >= 15 is 0 Å². The Balaban J connectivity index is 1.51. The molecule has 2 aliphatic rings. The van der Waals surface area contributed by atoms with Gasteiger partial charge in [-0.25, -0.2) is 9.97 Å². The van der Waals surface area contributed by atoms with E-state index in [2.05, 4.69) is 44.9 Å². The van der Waals surface area contributed by atoms with Crippen LogP contribution in [0, 0.1) is 6.92 Å². The number of aryl methyl sites for hydroxylation is 1. The van der Waals surface area contributed by atoms with Gasteiger partial charge < -0.3 is 9.80 Å². The van der Waals surface area contributed by atoms with Crippen LogP contribution in [0.5, 0.6) is 0 Å². The molecule has 2 saturated heterocycles. The molecule has 0 aromatic carbocycles. The molecule has 0 saturated carbocycles.